The Morgan fingerprint density at radius 3 is 2.43 bits per heavy atom. The van der Waals surface area contributed by atoms with E-state index in [2.05, 4.69) is 15.2 Å². The maximum atomic E-state index is 13.0. The van der Waals surface area contributed by atoms with Crippen LogP contribution in [-0.2, 0) is 0 Å². The fraction of sp³-hybridized carbons (Fsp3) is 0.294. The Hall–Kier alpha value is -2.63. The summed E-state index contributed by atoms with van der Waals surface area (Å²) in [5, 5.41) is 2.94. The van der Waals surface area contributed by atoms with Gasteiger partial charge in [-0.25, -0.2) is 9.37 Å². The second-order valence-corrected chi connectivity index (χ2v) is 5.41. The molecule has 0 unspecified atom stereocenters. The van der Waals surface area contributed by atoms with Crippen LogP contribution in [0.4, 0.5) is 15.9 Å². The standard InChI is InChI=1S/C17H19FN4O/c1-19-16-4-2-3-15(20-16)17(23)22-11-9-21(10-12-22)14-7-5-13(18)6-8-14/h2-8H,9-12H2,1H3,(H,19,20). The largest absolute Gasteiger partial charge is 0.373 e. The third-order valence-corrected chi connectivity index (χ3v) is 3.98. The quantitative estimate of drug-likeness (QED) is 0.944. The first-order valence-electron chi connectivity index (χ1n) is 7.62. The zero-order valence-corrected chi connectivity index (χ0v) is 13.0. The van der Waals surface area contributed by atoms with Crippen molar-refractivity contribution in [2.45, 2.75) is 0 Å². The van der Waals surface area contributed by atoms with Crippen molar-refractivity contribution >= 4 is 17.4 Å². The highest BCUT2D eigenvalue weighted by atomic mass is 19.1. The van der Waals surface area contributed by atoms with Gasteiger partial charge in [0.2, 0.25) is 0 Å². The number of aromatic nitrogens is 1. The second kappa shape index (κ2) is 6.64. The van der Waals surface area contributed by atoms with Gasteiger partial charge in [0.15, 0.2) is 0 Å². The van der Waals surface area contributed by atoms with E-state index in [1.807, 2.05) is 17.0 Å². The SMILES string of the molecule is CNc1cccc(C(=O)N2CCN(c3ccc(F)cc3)CC2)n1. The van der Waals surface area contributed by atoms with E-state index in [4.69, 9.17) is 0 Å². The Bertz CT molecular complexity index is 681. The number of rotatable bonds is 3. The van der Waals surface area contributed by atoms with Gasteiger partial charge in [0.25, 0.3) is 5.91 Å². The third-order valence-electron chi connectivity index (χ3n) is 3.98. The molecule has 2 aromatic rings. The summed E-state index contributed by atoms with van der Waals surface area (Å²) in [4.78, 5) is 20.8. The predicted octanol–water partition coefficient (Wildman–Crippen LogP) is 2.22. The maximum Gasteiger partial charge on any atom is 0.272 e. The number of anilines is 2. The van der Waals surface area contributed by atoms with Gasteiger partial charge in [0.1, 0.15) is 17.3 Å². The van der Waals surface area contributed by atoms with E-state index in [0.29, 0.717) is 24.6 Å². The lowest BCUT2D eigenvalue weighted by Gasteiger charge is -2.36. The molecular weight excluding hydrogens is 295 g/mol. The minimum Gasteiger partial charge on any atom is -0.373 e. The Morgan fingerprint density at radius 2 is 1.78 bits per heavy atom. The summed E-state index contributed by atoms with van der Waals surface area (Å²) in [6.07, 6.45) is 0. The highest BCUT2D eigenvalue weighted by molar-refractivity contribution is 5.92. The molecule has 1 N–H and O–H groups in total. The van der Waals surface area contributed by atoms with Crippen molar-refractivity contribution < 1.29 is 9.18 Å². The van der Waals surface area contributed by atoms with Crippen LogP contribution < -0.4 is 10.2 Å². The van der Waals surface area contributed by atoms with Crippen molar-refractivity contribution in [1.29, 1.82) is 0 Å². The van der Waals surface area contributed by atoms with Gasteiger partial charge in [0.05, 0.1) is 0 Å². The minimum atomic E-state index is -0.238. The first kappa shape index (κ1) is 15.3. The second-order valence-electron chi connectivity index (χ2n) is 5.41. The first-order chi connectivity index (χ1) is 11.2. The van der Waals surface area contributed by atoms with Crippen LogP contribution in [0.3, 0.4) is 0 Å². The molecule has 0 spiro atoms. The van der Waals surface area contributed by atoms with Crippen LogP contribution in [-0.4, -0.2) is 49.0 Å². The lowest BCUT2D eigenvalue weighted by Crippen LogP contribution is -2.49. The van der Waals surface area contributed by atoms with E-state index < -0.39 is 0 Å². The Balaban J connectivity index is 1.64. The van der Waals surface area contributed by atoms with Crippen LogP contribution in [0.15, 0.2) is 42.5 Å². The van der Waals surface area contributed by atoms with Crippen molar-refractivity contribution in [1.82, 2.24) is 9.88 Å². The molecule has 120 valence electrons. The molecule has 3 rings (SSSR count). The summed E-state index contributed by atoms with van der Waals surface area (Å²) in [7, 11) is 1.78. The molecule has 1 saturated heterocycles. The molecule has 0 bridgehead atoms. The van der Waals surface area contributed by atoms with Crippen molar-refractivity contribution in [3.63, 3.8) is 0 Å². The average molecular weight is 314 g/mol. The molecule has 0 aliphatic carbocycles. The molecule has 0 saturated carbocycles. The zero-order chi connectivity index (χ0) is 16.2. The molecule has 23 heavy (non-hydrogen) atoms. The van der Waals surface area contributed by atoms with E-state index in [1.54, 1.807) is 25.2 Å². The molecule has 1 fully saturated rings. The van der Waals surface area contributed by atoms with Crippen LogP contribution >= 0.6 is 0 Å². The molecule has 5 nitrogen and oxygen atoms in total. The van der Waals surface area contributed by atoms with Crippen LogP contribution in [0.25, 0.3) is 0 Å². The van der Waals surface area contributed by atoms with Gasteiger partial charge in [-0.1, -0.05) is 6.07 Å². The normalized spacial score (nSPS) is 14.7. The number of benzene rings is 1. The number of halogens is 1. The predicted molar refractivity (Wildman–Crippen MR) is 88.3 cm³/mol. The summed E-state index contributed by atoms with van der Waals surface area (Å²) in [5.41, 5.74) is 1.43. The Labute approximate surface area is 134 Å². The van der Waals surface area contributed by atoms with Crippen LogP contribution in [0.5, 0.6) is 0 Å². The lowest BCUT2D eigenvalue weighted by molar-refractivity contribution is 0.0741. The summed E-state index contributed by atoms with van der Waals surface area (Å²) in [5.74, 6) is 0.389. The number of carbonyl (C=O) groups excluding carboxylic acids is 1. The van der Waals surface area contributed by atoms with Gasteiger partial charge in [-0.05, 0) is 36.4 Å². The topological polar surface area (TPSA) is 48.5 Å². The van der Waals surface area contributed by atoms with E-state index in [-0.39, 0.29) is 11.7 Å². The van der Waals surface area contributed by atoms with Crippen molar-refractivity contribution in [2.75, 3.05) is 43.4 Å². The Morgan fingerprint density at radius 1 is 1.09 bits per heavy atom. The number of nitrogens with one attached hydrogen (secondary N) is 1. The monoisotopic (exact) mass is 314 g/mol. The number of hydrogen-bond donors (Lipinski definition) is 1. The van der Waals surface area contributed by atoms with E-state index in [9.17, 15) is 9.18 Å². The van der Waals surface area contributed by atoms with Crippen molar-refractivity contribution in [2.24, 2.45) is 0 Å². The van der Waals surface area contributed by atoms with Crippen LogP contribution in [0.2, 0.25) is 0 Å². The van der Waals surface area contributed by atoms with E-state index in [1.165, 1.54) is 12.1 Å². The molecule has 1 aromatic heterocycles. The molecule has 2 heterocycles. The number of piperazine rings is 1. The Kier molecular flexibility index (Phi) is 4.41. The molecule has 6 heteroatoms. The third kappa shape index (κ3) is 3.41. The smallest absolute Gasteiger partial charge is 0.272 e. The van der Waals surface area contributed by atoms with E-state index in [0.717, 1.165) is 18.8 Å². The summed E-state index contributed by atoms with van der Waals surface area (Å²) in [6, 6.07) is 11.8. The van der Waals surface area contributed by atoms with Gasteiger partial charge in [-0.2, -0.15) is 0 Å². The zero-order valence-electron chi connectivity index (χ0n) is 13.0. The number of hydrogen-bond acceptors (Lipinski definition) is 4. The average Bonchev–Trinajstić information content (AvgIpc) is 2.62. The molecule has 1 amide bonds. The summed E-state index contributed by atoms with van der Waals surface area (Å²) >= 11 is 0. The maximum absolute atomic E-state index is 13.0. The fourth-order valence-electron chi connectivity index (χ4n) is 2.67. The lowest BCUT2D eigenvalue weighted by atomic mass is 10.2. The molecule has 1 aliphatic heterocycles. The van der Waals surface area contributed by atoms with E-state index >= 15 is 0 Å². The fourth-order valence-corrected chi connectivity index (χ4v) is 2.67. The molecule has 0 radical (unpaired) electrons. The van der Waals surface area contributed by atoms with Crippen molar-refractivity contribution in [3.05, 3.63) is 54.0 Å². The first-order valence-corrected chi connectivity index (χ1v) is 7.62. The summed E-state index contributed by atoms with van der Waals surface area (Å²) in [6.45, 7) is 2.70. The number of carbonyl (C=O) groups is 1. The van der Waals surface area contributed by atoms with Gasteiger partial charge < -0.3 is 15.1 Å². The number of pyridine rings is 1. The van der Waals surface area contributed by atoms with Gasteiger partial charge in [0, 0.05) is 38.9 Å². The van der Waals surface area contributed by atoms with Gasteiger partial charge in [-0.3, -0.25) is 4.79 Å². The minimum absolute atomic E-state index is 0.0548. The van der Waals surface area contributed by atoms with Crippen LogP contribution in [0, 0.1) is 5.82 Å². The molecular formula is C17H19FN4O. The summed E-state index contributed by atoms with van der Waals surface area (Å²) < 4.78 is 13.0. The van der Waals surface area contributed by atoms with Gasteiger partial charge in [-0.15, -0.1) is 0 Å². The highest BCUT2D eigenvalue weighted by Gasteiger charge is 2.23. The highest BCUT2D eigenvalue weighted by Crippen LogP contribution is 2.18. The molecule has 1 aromatic carbocycles. The number of amides is 1. The molecule has 1 aliphatic rings. The van der Waals surface area contributed by atoms with Gasteiger partial charge >= 0.3 is 0 Å². The number of nitrogens with zero attached hydrogens (tertiary/aromatic N) is 3. The van der Waals surface area contributed by atoms with Crippen LogP contribution in [0.1, 0.15) is 10.5 Å². The molecule has 0 atom stereocenters. The van der Waals surface area contributed by atoms with Crippen molar-refractivity contribution in [3.8, 4) is 0 Å².